The van der Waals surface area contributed by atoms with E-state index in [1.54, 1.807) is 20.8 Å². The minimum atomic E-state index is -3.14. The minimum Gasteiger partial charge on any atom is -0.465 e. The quantitative estimate of drug-likeness (QED) is 0.689. The lowest BCUT2D eigenvalue weighted by atomic mass is 10.1. The van der Waals surface area contributed by atoms with Gasteiger partial charge in [-0.3, -0.25) is 4.79 Å². The Hall–Kier alpha value is -2.36. The van der Waals surface area contributed by atoms with Crippen molar-refractivity contribution >= 4 is 27.7 Å². The summed E-state index contributed by atoms with van der Waals surface area (Å²) in [4.78, 5) is 41.3. The predicted octanol–water partition coefficient (Wildman–Crippen LogP) is 0.999. The Morgan fingerprint density at radius 1 is 1.25 bits per heavy atom. The van der Waals surface area contributed by atoms with Crippen molar-refractivity contribution in [2.75, 3.05) is 25.2 Å². The van der Waals surface area contributed by atoms with Gasteiger partial charge in [-0.1, -0.05) is 0 Å². The molecule has 1 aliphatic rings. The smallest absolute Gasteiger partial charge is 0.355 e. The van der Waals surface area contributed by atoms with Gasteiger partial charge in [0.05, 0.1) is 24.2 Å². The molecular formula is C18H26N2O7S. The third kappa shape index (κ3) is 4.37. The van der Waals surface area contributed by atoms with E-state index in [1.807, 2.05) is 0 Å². The number of hydrogen-bond donors (Lipinski definition) is 1. The van der Waals surface area contributed by atoms with Gasteiger partial charge in [-0.25, -0.2) is 18.0 Å². The number of nitrogens with one attached hydrogen (secondary N) is 1. The molecule has 2 rings (SSSR count). The highest BCUT2D eigenvalue weighted by atomic mass is 32.2. The highest BCUT2D eigenvalue weighted by Gasteiger charge is 2.36. The monoisotopic (exact) mass is 414 g/mol. The van der Waals surface area contributed by atoms with Gasteiger partial charge in [-0.15, -0.1) is 0 Å². The van der Waals surface area contributed by atoms with Crippen LogP contribution in [0.2, 0.25) is 0 Å². The number of carbonyl (C=O) groups excluding carboxylic acids is 3. The molecule has 28 heavy (non-hydrogen) atoms. The Balaban J connectivity index is 2.13. The zero-order valence-electron chi connectivity index (χ0n) is 16.7. The van der Waals surface area contributed by atoms with Crippen molar-refractivity contribution in [1.29, 1.82) is 0 Å². The SMILES string of the molecule is CCN(C(=O)C(C)OC(=O)c1[nH]c(C)c(C(=O)OC)c1C)C1CCS(=O)(=O)C1. The van der Waals surface area contributed by atoms with Gasteiger partial charge < -0.3 is 19.4 Å². The fraction of sp³-hybridized carbons (Fsp3) is 0.611. The van der Waals surface area contributed by atoms with E-state index >= 15 is 0 Å². The number of nitrogens with zero attached hydrogens (tertiary/aromatic N) is 1. The van der Waals surface area contributed by atoms with E-state index in [9.17, 15) is 22.8 Å². The average molecular weight is 414 g/mol. The van der Waals surface area contributed by atoms with Gasteiger partial charge in [0.1, 0.15) is 5.69 Å². The molecule has 0 bridgehead atoms. The van der Waals surface area contributed by atoms with Gasteiger partial charge in [0, 0.05) is 18.3 Å². The molecule has 2 atom stereocenters. The van der Waals surface area contributed by atoms with Crippen LogP contribution in [0, 0.1) is 13.8 Å². The molecule has 1 N–H and O–H groups in total. The van der Waals surface area contributed by atoms with Crippen molar-refractivity contribution in [2.45, 2.75) is 46.3 Å². The van der Waals surface area contributed by atoms with Crippen molar-refractivity contribution in [3.8, 4) is 0 Å². The van der Waals surface area contributed by atoms with E-state index in [-0.39, 0.29) is 22.8 Å². The molecule has 9 nitrogen and oxygen atoms in total. The maximum atomic E-state index is 12.7. The fourth-order valence-corrected chi connectivity index (χ4v) is 5.21. The summed E-state index contributed by atoms with van der Waals surface area (Å²) in [6.45, 7) is 6.72. The minimum absolute atomic E-state index is 0.0485. The Morgan fingerprint density at radius 2 is 1.89 bits per heavy atom. The number of hydrogen-bond acceptors (Lipinski definition) is 7. The number of methoxy groups -OCH3 is 1. The lowest BCUT2D eigenvalue weighted by molar-refractivity contribution is -0.141. The zero-order valence-corrected chi connectivity index (χ0v) is 17.5. The normalized spacial score (nSPS) is 19.1. The largest absolute Gasteiger partial charge is 0.465 e. The second kappa shape index (κ2) is 8.34. The van der Waals surface area contributed by atoms with Gasteiger partial charge in [0.25, 0.3) is 5.91 Å². The molecule has 2 unspecified atom stereocenters. The Labute approximate surface area is 164 Å². The lowest BCUT2D eigenvalue weighted by Crippen LogP contribution is -2.46. The molecule has 0 saturated carbocycles. The molecule has 0 spiro atoms. The Morgan fingerprint density at radius 3 is 2.39 bits per heavy atom. The fourth-order valence-electron chi connectivity index (χ4n) is 3.48. The standard InChI is InChI=1S/C18H26N2O7S/c1-6-20(13-7-8-28(24,25)9-13)16(21)12(4)27-18(23)15-10(2)14(11(3)19-15)17(22)26-5/h12-13,19H,6-9H2,1-5H3. The number of H-pyrrole nitrogens is 1. The van der Waals surface area contributed by atoms with Crippen LogP contribution in [0.1, 0.15) is 52.4 Å². The van der Waals surface area contributed by atoms with E-state index in [2.05, 4.69) is 4.98 Å². The van der Waals surface area contributed by atoms with Crippen LogP contribution in [0.3, 0.4) is 0 Å². The highest BCUT2D eigenvalue weighted by molar-refractivity contribution is 7.91. The molecule has 1 saturated heterocycles. The summed E-state index contributed by atoms with van der Waals surface area (Å²) in [6, 6.07) is -0.413. The summed E-state index contributed by atoms with van der Waals surface area (Å²) in [6.07, 6.45) is -0.722. The Kier molecular flexibility index (Phi) is 6.53. The first kappa shape index (κ1) is 21.9. The van der Waals surface area contributed by atoms with Crippen LogP contribution < -0.4 is 0 Å². The maximum Gasteiger partial charge on any atom is 0.355 e. The molecule has 1 amide bonds. The van der Waals surface area contributed by atoms with Crippen molar-refractivity contribution in [3.63, 3.8) is 0 Å². The van der Waals surface area contributed by atoms with Crippen molar-refractivity contribution in [2.24, 2.45) is 0 Å². The first-order chi connectivity index (χ1) is 13.0. The second-order valence-corrected chi connectivity index (χ2v) is 9.07. The summed E-state index contributed by atoms with van der Waals surface area (Å²) in [7, 11) is -1.90. The summed E-state index contributed by atoms with van der Waals surface area (Å²) in [5.74, 6) is -1.83. The molecule has 156 valence electrons. The average Bonchev–Trinajstić information content (AvgIpc) is 3.13. The van der Waals surface area contributed by atoms with Crippen molar-refractivity contribution in [3.05, 3.63) is 22.5 Å². The Bertz CT molecular complexity index is 888. The molecule has 0 radical (unpaired) electrons. The number of rotatable bonds is 6. The maximum absolute atomic E-state index is 12.7. The summed E-state index contributed by atoms with van der Waals surface area (Å²) < 4.78 is 33.4. The van der Waals surface area contributed by atoms with Gasteiger partial charge >= 0.3 is 11.9 Å². The lowest BCUT2D eigenvalue weighted by Gasteiger charge is -2.29. The number of sulfone groups is 1. The van der Waals surface area contributed by atoms with Crippen LogP contribution in [-0.2, 0) is 24.1 Å². The van der Waals surface area contributed by atoms with E-state index in [4.69, 9.17) is 9.47 Å². The van der Waals surface area contributed by atoms with Crippen LogP contribution in [0.5, 0.6) is 0 Å². The molecule has 0 aliphatic carbocycles. The molecular weight excluding hydrogens is 388 g/mol. The van der Waals surface area contributed by atoms with Crippen molar-refractivity contribution < 1.29 is 32.3 Å². The molecule has 10 heteroatoms. The van der Waals surface area contributed by atoms with E-state index in [1.165, 1.54) is 18.9 Å². The number of aromatic nitrogens is 1. The van der Waals surface area contributed by atoms with Crippen LogP contribution >= 0.6 is 0 Å². The molecule has 1 aromatic rings. The predicted molar refractivity (Wildman–Crippen MR) is 101 cm³/mol. The summed E-state index contributed by atoms with van der Waals surface area (Å²) in [5.41, 5.74) is 1.16. The number of carbonyl (C=O) groups is 3. The highest BCUT2D eigenvalue weighted by Crippen LogP contribution is 2.22. The van der Waals surface area contributed by atoms with E-state index in [0.717, 1.165) is 0 Å². The molecule has 2 heterocycles. The molecule has 0 aromatic carbocycles. The molecule has 1 fully saturated rings. The van der Waals surface area contributed by atoms with Crippen LogP contribution in [0.15, 0.2) is 0 Å². The first-order valence-corrected chi connectivity index (χ1v) is 10.8. The zero-order chi connectivity index (χ0) is 21.2. The molecule has 1 aromatic heterocycles. The van der Waals surface area contributed by atoms with E-state index in [0.29, 0.717) is 24.2 Å². The van der Waals surface area contributed by atoms with Gasteiger partial charge in [-0.05, 0) is 39.7 Å². The first-order valence-electron chi connectivity index (χ1n) is 9.01. The van der Waals surface area contributed by atoms with E-state index < -0.39 is 39.8 Å². The number of esters is 2. The van der Waals surface area contributed by atoms with Crippen LogP contribution in [-0.4, -0.2) is 73.5 Å². The number of amides is 1. The number of aromatic amines is 1. The molecule has 1 aliphatic heterocycles. The number of aryl methyl sites for hydroxylation is 1. The van der Waals surface area contributed by atoms with Gasteiger partial charge in [0.2, 0.25) is 0 Å². The number of likely N-dealkylation sites (N-methyl/N-ethyl adjacent to an activating group) is 1. The van der Waals surface area contributed by atoms with Crippen molar-refractivity contribution in [1.82, 2.24) is 9.88 Å². The van der Waals surface area contributed by atoms with Gasteiger partial charge in [0.15, 0.2) is 15.9 Å². The summed E-state index contributed by atoms with van der Waals surface area (Å²) in [5, 5.41) is 0. The third-order valence-electron chi connectivity index (χ3n) is 4.94. The number of ether oxygens (including phenoxy) is 2. The third-order valence-corrected chi connectivity index (χ3v) is 6.69. The van der Waals surface area contributed by atoms with Crippen LogP contribution in [0.4, 0.5) is 0 Å². The topological polar surface area (TPSA) is 123 Å². The summed E-state index contributed by atoms with van der Waals surface area (Å²) >= 11 is 0. The second-order valence-electron chi connectivity index (χ2n) is 6.85. The van der Waals surface area contributed by atoms with Gasteiger partial charge in [-0.2, -0.15) is 0 Å². The van der Waals surface area contributed by atoms with Crippen LogP contribution in [0.25, 0.3) is 0 Å².